The van der Waals surface area contributed by atoms with Crippen molar-refractivity contribution in [3.8, 4) is 5.75 Å². The van der Waals surface area contributed by atoms with E-state index in [1.807, 2.05) is 18.2 Å². The average molecular weight is 275 g/mol. The maximum atomic E-state index is 6.06. The fourth-order valence-corrected chi connectivity index (χ4v) is 2.46. The lowest BCUT2D eigenvalue weighted by atomic mass is 10.0. The Morgan fingerprint density at radius 3 is 3.11 bits per heavy atom. The van der Waals surface area contributed by atoms with Gasteiger partial charge in [0.25, 0.3) is 0 Å². The van der Waals surface area contributed by atoms with Gasteiger partial charge in [-0.25, -0.2) is 4.98 Å². The summed E-state index contributed by atoms with van der Waals surface area (Å²) in [5.41, 5.74) is 3.36. The summed E-state index contributed by atoms with van der Waals surface area (Å²) in [6.45, 7) is 2.90. The number of rotatable bonds is 3. The zero-order valence-corrected chi connectivity index (χ0v) is 11.4. The van der Waals surface area contributed by atoms with Crippen LogP contribution in [0.5, 0.6) is 5.75 Å². The number of hydrogen-bond donors (Lipinski definition) is 1. The van der Waals surface area contributed by atoms with Crippen LogP contribution < -0.4 is 10.1 Å². The molecule has 1 aliphatic rings. The van der Waals surface area contributed by atoms with Crippen LogP contribution in [0.1, 0.15) is 24.1 Å². The second-order valence-electron chi connectivity index (χ2n) is 4.67. The van der Waals surface area contributed by atoms with Gasteiger partial charge in [0.2, 0.25) is 0 Å². The molecule has 19 heavy (non-hydrogen) atoms. The molecule has 2 aromatic rings. The zero-order valence-electron chi connectivity index (χ0n) is 10.7. The third-order valence-corrected chi connectivity index (χ3v) is 3.65. The monoisotopic (exact) mass is 274 g/mol. The minimum absolute atomic E-state index is 0.174. The molecule has 1 aromatic heterocycles. The fourth-order valence-electron chi connectivity index (χ4n) is 2.29. The summed E-state index contributed by atoms with van der Waals surface area (Å²) in [4.78, 5) is 4.07. The van der Waals surface area contributed by atoms with E-state index in [4.69, 9.17) is 16.3 Å². The molecule has 0 spiro atoms. The molecule has 0 saturated carbocycles. The van der Waals surface area contributed by atoms with Gasteiger partial charge in [-0.2, -0.15) is 0 Å². The van der Waals surface area contributed by atoms with Crippen molar-refractivity contribution < 1.29 is 4.74 Å². The van der Waals surface area contributed by atoms with Crippen molar-refractivity contribution in [2.75, 3.05) is 11.9 Å². The lowest BCUT2D eigenvalue weighted by Gasteiger charge is -2.17. The zero-order chi connectivity index (χ0) is 13.2. The van der Waals surface area contributed by atoms with Crippen molar-refractivity contribution in [2.24, 2.45) is 0 Å². The fraction of sp³-hybridized carbons (Fsp3) is 0.267. The molecule has 1 N–H and O–H groups in total. The molecule has 3 rings (SSSR count). The van der Waals surface area contributed by atoms with Gasteiger partial charge in [-0.3, -0.25) is 0 Å². The van der Waals surface area contributed by atoms with Crippen molar-refractivity contribution >= 4 is 17.3 Å². The number of aromatic nitrogens is 1. The summed E-state index contributed by atoms with van der Waals surface area (Å²) in [5, 5.41) is 3.88. The smallest absolute Gasteiger partial charge is 0.152 e. The van der Waals surface area contributed by atoms with Gasteiger partial charge in [0, 0.05) is 18.7 Å². The van der Waals surface area contributed by atoms with E-state index in [0.29, 0.717) is 5.15 Å². The molecule has 1 unspecified atom stereocenters. The van der Waals surface area contributed by atoms with Crippen LogP contribution in [-0.4, -0.2) is 11.6 Å². The molecule has 98 valence electrons. The molecule has 0 aliphatic carbocycles. The van der Waals surface area contributed by atoms with Crippen molar-refractivity contribution in [3.05, 3.63) is 52.8 Å². The van der Waals surface area contributed by atoms with Gasteiger partial charge in [0.15, 0.2) is 5.15 Å². The van der Waals surface area contributed by atoms with Gasteiger partial charge < -0.3 is 10.1 Å². The summed E-state index contributed by atoms with van der Waals surface area (Å²) >= 11 is 6.06. The number of nitrogens with one attached hydrogen (secondary N) is 1. The van der Waals surface area contributed by atoms with Crippen LogP contribution in [0, 0.1) is 0 Å². The molecule has 1 atom stereocenters. The standard InChI is InChI=1S/C15H15ClN2O/c1-10(18-13-3-2-7-17-15(13)16)11-4-5-14-12(9-11)6-8-19-14/h2-5,7,9-10,18H,6,8H2,1H3. The lowest BCUT2D eigenvalue weighted by Crippen LogP contribution is -2.07. The van der Waals surface area contributed by atoms with Crippen molar-refractivity contribution in [1.29, 1.82) is 0 Å². The predicted molar refractivity (Wildman–Crippen MR) is 76.9 cm³/mol. The topological polar surface area (TPSA) is 34.2 Å². The molecule has 0 radical (unpaired) electrons. The third kappa shape index (κ3) is 2.51. The highest BCUT2D eigenvalue weighted by molar-refractivity contribution is 6.31. The Kier molecular flexibility index (Phi) is 3.30. The second-order valence-corrected chi connectivity index (χ2v) is 5.03. The van der Waals surface area contributed by atoms with Gasteiger partial charge in [-0.15, -0.1) is 0 Å². The minimum Gasteiger partial charge on any atom is -0.493 e. The Hall–Kier alpha value is -1.74. The molecule has 0 bridgehead atoms. The number of benzene rings is 1. The maximum Gasteiger partial charge on any atom is 0.152 e. The van der Waals surface area contributed by atoms with Crippen LogP contribution in [0.4, 0.5) is 5.69 Å². The highest BCUT2D eigenvalue weighted by atomic mass is 35.5. The van der Waals surface area contributed by atoms with E-state index in [0.717, 1.165) is 24.5 Å². The maximum absolute atomic E-state index is 6.06. The first-order valence-corrected chi connectivity index (χ1v) is 6.74. The summed E-state index contributed by atoms with van der Waals surface area (Å²) in [5.74, 6) is 1.01. The van der Waals surface area contributed by atoms with Crippen LogP contribution >= 0.6 is 11.6 Å². The number of fused-ring (bicyclic) bond motifs is 1. The Balaban J connectivity index is 1.81. The van der Waals surface area contributed by atoms with Crippen molar-refractivity contribution in [1.82, 2.24) is 4.98 Å². The van der Waals surface area contributed by atoms with Gasteiger partial charge in [-0.1, -0.05) is 17.7 Å². The SMILES string of the molecule is CC(Nc1cccnc1Cl)c1ccc2c(c1)CCO2. The third-order valence-electron chi connectivity index (χ3n) is 3.34. The molecular formula is C15H15ClN2O. The summed E-state index contributed by atoms with van der Waals surface area (Å²) < 4.78 is 5.52. The Labute approximate surface area is 117 Å². The van der Waals surface area contributed by atoms with E-state index in [9.17, 15) is 0 Å². The number of halogens is 1. The van der Waals surface area contributed by atoms with Gasteiger partial charge in [-0.05, 0) is 42.3 Å². The molecule has 1 aliphatic heterocycles. The van der Waals surface area contributed by atoms with Crippen LogP contribution in [0.3, 0.4) is 0 Å². The first-order valence-electron chi connectivity index (χ1n) is 6.37. The van der Waals surface area contributed by atoms with Gasteiger partial charge >= 0.3 is 0 Å². The van der Waals surface area contributed by atoms with E-state index < -0.39 is 0 Å². The number of pyridine rings is 1. The van der Waals surface area contributed by atoms with E-state index in [1.165, 1.54) is 11.1 Å². The first kappa shape index (κ1) is 12.3. The largest absolute Gasteiger partial charge is 0.493 e. The van der Waals surface area contributed by atoms with Crippen molar-refractivity contribution in [3.63, 3.8) is 0 Å². The van der Waals surface area contributed by atoms with Gasteiger partial charge in [0.1, 0.15) is 5.75 Å². The highest BCUT2D eigenvalue weighted by Crippen LogP contribution is 2.30. The van der Waals surface area contributed by atoms with Crippen LogP contribution in [0.15, 0.2) is 36.5 Å². The van der Waals surface area contributed by atoms with Crippen LogP contribution in [-0.2, 0) is 6.42 Å². The van der Waals surface area contributed by atoms with E-state index in [1.54, 1.807) is 6.20 Å². The molecule has 0 saturated heterocycles. The molecule has 4 heteroatoms. The number of hydrogen-bond acceptors (Lipinski definition) is 3. The number of anilines is 1. The normalized spacial score (nSPS) is 14.6. The minimum atomic E-state index is 0.174. The first-order chi connectivity index (χ1) is 9.24. The number of ether oxygens (including phenoxy) is 1. The van der Waals surface area contributed by atoms with Crippen LogP contribution in [0.2, 0.25) is 5.15 Å². The van der Waals surface area contributed by atoms with E-state index in [-0.39, 0.29) is 6.04 Å². The molecule has 0 amide bonds. The molecular weight excluding hydrogens is 260 g/mol. The predicted octanol–water partition coefficient (Wildman–Crippen LogP) is 3.84. The lowest BCUT2D eigenvalue weighted by molar-refractivity contribution is 0.357. The second kappa shape index (κ2) is 5.10. The Morgan fingerprint density at radius 1 is 1.37 bits per heavy atom. The van der Waals surface area contributed by atoms with E-state index in [2.05, 4.69) is 29.4 Å². The number of nitrogens with zero attached hydrogens (tertiary/aromatic N) is 1. The highest BCUT2D eigenvalue weighted by Gasteiger charge is 2.15. The summed E-state index contributed by atoms with van der Waals surface area (Å²) in [6.07, 6.45) is 2.68. The summed E-state index contributed by atoms with van der Waals surface area (Å²) in [6, 6.07) is 10.3. The summed E-state index contributed by atoms with van der Waals surface area (Å²) in [7, 11) is 0. The Morgan fingerprint density at radius 2 is 2.26 bits per heavy atom. The molecule has 3 nitrogen and oxygen atoms in total. The van der Waals surface area contributed by atoms with Crippen LogP contribution in [0.25, 0.3) is 0 Å². The quantitative estimate of drug-likeness (QED) is 0.864. The Bertz CT molecular complexity index is 600. The average Bonchev–Trinajstić information content (AvgIpc) is 2.88. The van der Waals surface area contributed by atoms with Crippen molar-refractivity contribution in [2.45, 2.75) is 19.4 Å². The molecule has 1 aromatic carbocycles. The van der Waals surface area contributed by atoms with Gasteiger partial charge in [0.05, 0.1) is 12.3 Å². The molecule has 0 fully saturated rings. The van der Waals surface area contributed by atoms with E-state index >= 15 is 0 Å². The molecule has 2 heterocycles.